The molecule has 2 aromatic heterocycles. The van der Waals surface area contributed by atoms with E-state index in [0.717, 1.165) is 5.56 Å². The molecule has 0 N–H and O–H groups in total. The standard InChI is InChI=1S/C22H20N4O5/c1-14-6-4-5-7-16(14)26-11-10-25(21(27)22(26)28)13-19-23-20(24-31-19)15-8-9-17(29-2)18(12-15)30-3/h4-12H,13H2,1-3H3. The Morgan fingerprint density at radius 2 is 1.74 bits per heavy atom. The number of nitrogens with zero attached hydrogens (tertiary/aromatic N) is 4. The van der Waals surface area contributed by atoms with Crippen LogP contribution in [0.5, 0.6) is 11.5 Å². The van der Waals surface area contributed by atoms with Gasteiger partial charge in [0.2, 0.25) is 11.7 Å². The Morgan fingerprint density at radius 3 is 2.48 bits per heavy atom. The summed E-state index contributed by atoms with van der Waals surface area (Å²) in [5, 5.41) is 3.96. The van der Waals surface area contributed by atoms with Crippen molar-refractivity contribution in [3.8, 4) is 28.6 Å². The second-order valence-corrected chi connectivity index (χ2v) is 6.77. The number of para-hydroxylation sites is 1. The van der Waals surface area contributed by atoms with Crippen molar-refractivity contribution in [2.45, 2.75) is 13.5 Å². The molecule has 4 rings (SSSR count). The smallest absolute Gasteiger partial charge is 0.320 e. The number of ether oxygens (including phenoxy) is 2. The third-order valence-electron chi connectivity index (χ3n) is 4.85. The molecule has 9 nitrogen and oxygen atoms in total. The molecule has 0 atom stereocenters. The molecule has 0 aliphatic rings. The van der Waals surface area contributed by atoms with E-state index in [1.54, 1.807) is 37.6 Å². The number of rotatable bonds is 6. The fraction of sp³-hybridized carbons (Fsp3) is 0.182. The molecule has 0 amide bonds. The molecule has 0 saturated carbocycles. The lowest BCUT2D eigenvalue weighted by molar-refractivity contribution is 0.355. The van der Waals surface area contributed by atoms with Crippen LogP contribution in [-0.2, 0) is 6.54 Å². The van der Waals surface area contributed by atoms with Crippen molar-refractivity contribution in [3.05, 3.63) is 87.0 Å². The van der Waals surface area contributed by atoms with Gasteiger partial charge in [0.25, 0.3) is 0 Å². The SMILES string of the molecule is COc1ccc(-c2noc(Cn3ccn(-c4ccccc4C)c(=O)c3=O)n2)cc1OC. The largest absolute Gasteiger partial charge is 0.493 e. The molecular formula is C22H20N4O5. The quantitative estimate of drug-likeness (QED) is 0.442. The fourth-order valence-electron chi connectivity index (χ4n) is 3.21. The minimum absolute atomic E-state index is 0.0248. The van der Waals surface area contributed by atoms with Gasteiger partial charge in [0.1, 0.15) is 6.54 Å². The molecule has 0 spiro atoms. The van der Waals surface area contributed by atoms with E-state index in [9.17, 15) is 9.59 Å². The van der Waals surface area contributed by atoms with Crippen LogP contribution in [0.1, 0.15) is 11.5 Å². The van der Waals surface area contributed by atoms with E-state index in [1.807, 2.05) is 25.1 Å². The van der Waals surface area contributed by atoms with Crippen LogP contribution in [0.25, 0.3) is 17.1 Å². The van der Waals surface area contributed by atoms with Crippen molar-refractivity contribution in [1.29, 1.82) is 0 Å². The summed E-state index contributed by atoms with van der Waals surface area (Å²) in [6.45, 7) is 1.85. The number of hydrogen-bond acceptors (Lipinski definition) is 7. The minimum Gasteiger partial charge on any atom is -0.493 e. The lowest BCUT2D eigenvalue weighted by atomic mass is 10.2. The predicted molar refractivity (Wildman–Crippen MR) is 113 cm³/mol. The normalized spacial score (nSPS) is 10.8. The molecule has 0 unspecified atom stereocenters. The fourth-order valence-corrected chi connectivity index (χ4v) is 3.21. The Balaban J connectivity index is 1.62. The van der Waals surface area contributed by atoms with Crippen molar-refractivity contribution in [2.75, 3.05) is 14.2 Å². The molecule has 0 aliphatic heterocycles. The number of aryl methyl sites for hydroxylation is 1. The summed E-state index contributed by atoms with van der Waals surface area (Å²) >= 11 is 0. The zero-order valence-electron chi connectivity index (χ0n) is 17.2. The second kappa shape index (κ2) is 8.31. The summed E-state index contributed by atoms with van der Waals surface area (Å²) in [5.41, 5.74) is 0.867. The molecule has 0 radical (unpaired) electrons. The number of aromatic nitrogens is 4. The highest BCUT2D eigenvalue weighted by atomic mass is 16.5. The van der Waals surface area contributed by atoms with Gasteiger partial charge in [-0.25, -0.2) is 0 Å². The van der Waals surface area contributed by atoms with Crippen molar-refractivity contribution in [3.63, 3.8) is 0 Å². The lowest BCUT2D eigenvalue weighted by Gasteiger charge is -2.09. The lowest BCUT2D eigenvalue weighted by Crippen LogP contribution is -2.40. The number of methoxy groups -OCH3 is 2. The predicted octanol–water partition coefficient (Wildman–Crippen LogP) is 2.42. The van der Waals surface area contributed by atoms with E-state index in [-0.39, 0.29) is 12.4 Å². The maximum Gasteiger partial charge on any atom is 0.320 e. The molecule has 4 aromatic rings. The van der Waals surface area contributed by atoms with Gasteiger partial charge in [-0.2, -0.15) is 4.98 Å². The zero-order valence-corrected chi connectivity index (χ0v) is 17.2. The molecule has 158 valence electrons. The molecule has 2 aromatic carbocycles. The zero-order chi connectivity index (χ0) is 22.0. The van der Waals surface area contributed by atoms with Crippen molar-refractivity contribution >= 4 is 0 Å². The molecule has 0 aliphatic carbocycles. The summed E-state index contributed by atoms with van der Waals surface area (Å²) in [6.07, 6.45) is 3.08. The molecular weight excluding hydrogens is 400 g/mol. The molecule has 2 heterocycles. The molecule has 31 heavy (non-hydrogen) atoms. The minimum atomic E-state index is -0.684. The van der Waals surface area contributed by atoms with E-state index in [0.29, 0.717) is 28.6 Å². The Morgan fingerprint density at radius 1 is 0.968 bits per heavy atom. The average Bonchev–Trinajstić information content (AvgIpc) is 3.26. The summed E-state index contributed by atoms with van der Waals surface area (Å²) in [7, 11) is 3.09. The van der Waals surface area contributed by atoms with Crippen LogP contribution < -0.4 is 20.6 Å². The highest BCUT2D eigenvalue weighted by Gasteiger charge is 2.14. The van der Waals surface area contributed by atoms with E-state index >= 15 is 0 Å². The van der Waals surface area contributed by atoms with Gasteiger partial charge < -0.3 is 14.0 Å². The average molecular weight is 420 g/mol. The first kappa shape index (κ1) is 20.1. The topological polar surface area (TPSA) is 101 Å². The van der Waals surface area contributed by atoms with Crippen LogP contribution in [0.3, 0.4) is 0 Å². The van der Waals surface area contributed by atoms with Crippen LogP contribution in [0.4, 0.5) is 0 Å². The van der Waals surface area contributed by atoms with Gasteiger partial charge in [-0.1, -0.05) is 23.4 Å². The Labute approximate surface area is 177 Å². The van der Waals surface area contributed by atoms with Gasteiger partial charge in [0.05, 0.1) is 19.9 Å². The number of benzene rings is 2. The molecule has 9 heteroatoms. The highest BCUT2D eigenvalue weighted by Crippen LogP contribution is 2.31. The van der Waals surface area contributed by atoms with Crippen molar-refractivity contribution in [1.82, 2.24) is 19.3 Å². The molecule has 0 fully saturated rings. The van der Waals surface area contributed by atoms with Gasteiger partial charge in [0, 0.05) is 18.0 Å². The summed E-state index contributed by atoms with van der Waals surface area (Å²) in [4.78, 5) is 29.6. The molecule has 0 saturated heterocycles. The van der Waals surface area contributed by atoms with Gasteiger partial charge >= 0.3 is 11.1 Å². The Hall–Kier alpha value is -4.14. The third kappa shape index (κ3) is 3.85. The van der Waals surface area contributed by atoms with Gasteiger partial charge in [0.15, 0.2) is 11.5 Å². The maximum atomic E-state index is 12.6. The first-order valence-electron chi connectivity index (χ1n) is 9.45. The number of hydrogen-bond donors (Lipinski definition) is 0. The van der Waals surface area contributed by atoms with Crippen LogP contribution in [0.2, 0.25) is 0 Å². The first-order valence-corrected chi connectivity index (χ1v) is 9.45. The van der Waals surface area contributed by atoms with Gasteiger partial charge in [-0.3, -0.25) is 18.7 Å². The third-order valence-corrected chi connectivity index (χ3v) is 4.85. The summed E-state index contributed by atoms with van der Waals surface area (Å²) in [5.74, 6) is 1.63. The maximum absolute atomic E-state index is 12.6. The Kier molecular flexibility index (Phi) is 5.40. The Bertz CT molecular complexity index is 1350. The van der Waals surface area contributed by atoms with Crippen molar-refractivity contribution in [2.24, 2.45) is 0 Å². The van der Waals surface area contributed by atoms with E-state index in [4.69, 9.17) is 14.0 Å². The highest BCUT2D eigenvalue weighted by molar-refractivity contribution is 5.60. The van der Waals surface area contributed by atoms with Crippen LogP contribution in [0.15, 0.2) is 69.0 Å². The van der Waals surface area contributed by atoms with E-state index in [1.165, 1.54) is 22.4 Å². The van der Waals surface area contributed by atoms with Crippen LogP contribution in [-0.4, -0.2) is 33.5 Å². The second-order valence-electron chi connectivity index (χ2n) is 6.77. The summed E-state index contributed by atoms with van der Waals surface area (Å²) in [6, 6.07) is 12.6. The van der Waals surface area contributed by atoms with Gasteiger partial charge in [-0.05, 0) is 36.8 Å². The van der Waals surface area contributed by atoms with Crippen molar-refractivity contribution < 1.29 is 14.0 Å². The van der Waals surface area contributed by atoms with E-state index < -0.39 is 11.1 Å². The van der Waals surface area contributed by atoms with Crippen LogP contribution >= 0.6 is 0 Å². The van der Waals surface area contributed by atoms with Gasteiger partial charge in [-0.15, -0.1) is 0 Å². The first-order chi connectivity index (χ1) is 15.0. The van der Waals surface area contributed by atoms with E-state index in [2.05, 4.69) is 10.1 Å². The van der Waals surface area contributed by atoms with Crippen LogP contribution in [0, 0.1) is 6.92 Å². The molecule has 0 bridgehead atoms. The summed E-state index contributed by atoms with van der Waals surface area (Å²) < 4.78 is 18.4. The monoisotopic (exact) mass is 420 g/mol.